The fraction of sp³-hybridized carbons (Fsp3) is 0.190. The predicted octanol–water partition coefficient (Wildman–Crippen LogP) is 3.81. The molecule has 150 valence electrons. The van der Waals surface area contributed by atoms with E-state index in [0.717, 1.165) is 11.3 Å². The van der Waals surface area contributed by atoms with Crippen molar-refractivity contribution in [2.75, 3.05) is 32.0 Å². The summed E-state index contributed by atoms with van der Waals surface area (Å²) in [6.45, 7) is 1.98. The number of nitrogens with one attached hydrogen (secondary N) is 2. The normalized spacial score (nSPS) is 10.2. The predicted molar refractivity (Wildman–Crippen MR) is 111 cm³/mol. The summed E-state index contributed by atoms with van der Waals surface area (Å²) < 4.78 is 15.8. The number of carbonyl (C=O) groups excluding carboxylic acids is 1. The Balaban J connectivity index is 1.73. The average molecular weight is 394 g/mol. The van der Waals surface area contributed by atoms with Crippen LogP contribution in [0.25, 0.3) is 0 Å². The van der Waals surface area contributed by atoms with Gasteiger partial charge in [0.15, 0.2) is 0 Å². The van der Waals surface area contributed by atoms with Crippen LogP contribution < -0.4 is 24.8 Å². The zero-order valence-corrected chi connectivity index (χ0v) is 16.6. The van der Waals surface area contributed by atoms with Crippen molar-refractivity contribution in [2.24, 2.45) is 0 Å². The molecule has 0 aliphatic heterocycles. The Hall–Kier alpha value is -3.81. The number of methoxy groups -OCH3 is 3. The SMILES string of the molecule is COc1ccc(NC(=O)c2cnc(Nc3cc(C)ccc3OC)nc2)c(OC)c1. The first-order valence-electron chi connectivity index (χ1n) is 8.81. The minimum absolute atomic E-state index is 0.310. The number of anilines is 3. The van der Waals surface area contributed by atoms with Gasteiger partial charge in [0.1, 0.15) is 17.2 Å². The largest absolute Gasteiger partial charge is 0.497 e. The van der Waals surface area contributed by atoms with Crippen molar-refractivity contribution in [3.63, 3.8) is 0 Å². The lowest BCUT2D eigenvalue weighted by atomic mass is 10.2. The quantitative estimate of drug-likeness (QED) is 0.629. The first kappa shape index (κ1) is 19.9. The van der Waals surface area contributed by atoms with Gasteiger partial charge in [-0.1, -0.05) is 6.07 Å². The Labute approximate surface area is 168 Å². The van der Waals surface area contributed by atoms with E-state index in [4.69, 9.17) is 14.2 Å². The summed E-state index contributed by atoms with van der Waals surface area (Å²) in [7, 11) is 4.68. The van der Waals surface area contributed by atoms with E-state index in [1.807, 2.05) is 25.1 Å². The van der Waals surface area contributed by atoms with Crippen molar-refractivity contribution in [2.45, 2.75) is 6.92 Å². The van der Waals surface area contributed by atoms with Crippen LogP contribution >= 0.6 is 0 Å². The first-order valence-corrected chi connectivity index (χ1v) is 8.81. The highest BCUT2D eigenvalue weighted by Crippen LogP contribution is 2.30. The van der Waals surface area contributed by atoms with Crippen LogP contribution in [0.4, 0.5) is 17.3 Å². The van der Waals surface area contributed by atoms with Crippen LogP contribution in [0, 0.1) is 6.92 Å². The van der Waals surface area contributed by atoms with Gasteiger partial charge in [0.2, 0.25) is 5.95 Å². The molecule has 0 fully saturated rings. The van der Waals surface area contributed by atoms with Crippen LogP contribution in [-0.4, -0.2) is 37.2 Å². The Morgan fingerprint density at radius 2 is 1.59 bits per heavy atom. The van der Waals surface area contributed by atoms with Gasteiger partial charge in [0, 0.05) is 18.5 Å². The summed E-state index contributed by atoms with van der Waals surface area (Å²) in [6, 6.07) is 10.9. The third-order valence-corrected chi connectivity index (χ3v) is 4.17. The van der Waals surface area contributed by atoms with Crippen LogP contribution in [0.1, 0.15) is 15.9 Å². The molecule has 1 heterocycles. The van der Waals surface area contributed by atoms with Crippen LogP contribution in [0.2, 0.25) is 0 Å². The Morgan fingerprint density at radius 3 is 2.24 bits per heavy atom. The van der Waals surface area contributed by atoms with Crippen molar-refractivity contribution < 1.29 is 19.0 Å². The Bertz CT molecular complexity index is 1010. The lowest BCUT2D eigenvalue weighted by molar-refractivity contribution is 0.102. The molecule has 0 atom stereocenters. The molecule has 0 spiro atoms. The maximum Gasteiger partial charge on any atom is 0.258 e. The van der Waals surface area contributed by atoms with Gasteiger partial charge in [-0.3, -0.25) is 4.79 Å². The number of ether oxygens (including phenoxy) is 3. The summed E-state index contributed by atoms with van der Waals surface area (Å²) in [5.41, 5.74) is 2.64. The van der Waals surface area contributed by atoms with Gasteiger partial charge in [-0.05, 0) is 36.8 Å². The van der Waals surface area contributed by atoms with Crippen molar-refractivity contribution in [1.29, 1.82) is 0 Å². The van der Waals surface area contributed by atoms with Gasteiger partial charge in [0.05, 0.1) is 38.3 Å². The molecule has 0 saturated carbocycles. The molecule has 2 N–H and O–H groups in total. The zero-order chi connectivity index (χ0) is 20.8. The van der Waals surface area contributed by atoms with E-state index in [9.17, 15) is 4.79 Å². The van der Waals surface area contributed by atoms with Crippen LogP contribution in [0.3, 0.4) is 0 Å². The number of rotatable bonds is 7. The molecule has 8 nitrogen and oxygen atoms in total. The summed E-state index contributed by atoms with van der Waals surface area (Å²) in [5, 5.41) is 5.88. The number of aryl methyl sites for hydroxylation is 1. The lowest BCUT2D eigenvalue weighted by Crippen LogP contribution is -2.14. The highest BCUT2D eigenvalue weighted by Gasteiger charge is 2.12. The minimum atomic E-state index is -0.354. The molecule has 3 aromatic rings. The van der Waals surface area contributed by atoms with Crippen molar-refractivity contribution in [3.8, 4) is 17.2 Å². The number of nitrogens with zero attached hydrogens (tertiary/aromatic N) is 2. The molecule has 1 amide bonds. The van der Waals surface area contributed by atoms with E-state index in [0.29, 0.717) is 34.4 Å². The second-order valence-corrected chi connectivity index (χ2v) is 6.14. The maximum absolute atomic E-state index is 12.5. The summed E-state index contributed by atoms with van der Waals surface area (Å²) in [6.07, 6.45) is 2.89. The topological polar surface area (TPSA) is 94.6 Å². The van der Waals surface area contributed by atoms with Crippen molar-refractivity contribution >= 4 is 23.2 Å². The van der Waals surface area contributed by atoms with E-state index in [1.54, 1.807) is 32.4 Å². The van der Waals surface area contributed by atoms with Crippen LogP contribution in [-0.2, 0) is 0 Å². The third kappa shape index (κ3) is 4.73. The number of benzene rings is 2. The molecule has 3 rings (SSSR count). The minimum Gasteiger partial charge on any atom is -0.497 e. The van der Waals surface area contributed by atoms with Gasteiger partial charge in [-0.25, -0.2) is 9.97 Å². The van der Waals surface area contributed by atoms with Crippen LogP contribution in [0.15, 0.2) is 48.8 Å². The van der Waals surface area contributed by atoms with Gasteiger partial charge in [-0.15, -0.1) is 0 Å². The van der Waals surface area contributed by atoms with E-state index >= 15 is 0 Å². The van der Waals surface area contributed by atoms with Gasteiger partial charge in [-0.2, -0.15) is 0 Å². The second-order valence-electron chi connectivity index (χ2n) is 6.14. The average Bonchev–Trinajstić information content (AvgIpc) is 2.74. The summed E-state index contributed by atoms with van der Waals surface area (Å²) in [5.74, 6) is 1.79. The zero-order valence-electron chi connectivity index (χ0n) is 16.6. The summed E-state index contributed by atoms with van der Waals surface area (Å²) in [4.78, 5) is 21.0. The monoisotopic (exact) mass is 394 g/mol. The number of aromatic nitrogens is 2. The molecule has 1 aromatic heterocycles. The smallest absolute Gasteiger partial charge is 0.258 e. The maximum atomic E-state index is 12.5. The van der Waals surface area contributed by atoms with E-state index in [2.05, 4.69) is 20.6 Å². The van der Waals surface area contributed by atoms with Gasteiger partial charge < -0.3 is 24.8 Å². The molecule has 2 aromatic carbocycles. The second kappa shape index (κ2) is 8.92. The molecule has 8 heteroatoms. The van der Waals surface area contributed by atoms with Crippen molar-refractivity contribution in [1.82, 2.24) is 9.97 Å². The Kier molecular flexibility index (Phi) is 6.13. The fourth-order valence-electron chi connectivity index (χ4n) is 2.65. The standard InChI is InChI=1S/C21H22N4O4/c1-13-5-8-18(28-3)17(9-13)25-21-22-11-14(12-23-21)20(26)24-16-7-6-15(27-2)10-19(16)29-4/h5-12H,1-4H3,(H,24,26)(H,22,23,25). The van der Waals surface area contributed by atoms with Gasteiger partial charge in [0.25, 0.3) is 5.91 Å². The molecule has 0 saturated heterocycles. The molecular formula is C21H22N4O4. The summed E-state index contributed by atoms with van der Waals surface area (Å²) >= 11 is 0. The molecule has 0 aliphatic carbocycles. The number of hydrogen-bond acceptors (Lipinski definition) is 7. The molecular weight excluding hydrogens is 372 g/mol. The number of amides is 1. The van der Waals surface area contributed by atoms with Crippen molar-refractivity contribution in [3.05, 3.63) is 59.9 Å². The molecule has 0 aliphatic rings. The molecule has 0 bridgehead atoms. The highest BCUT2D eigenvalue weighted by atomic mass is 16.5. The van der Waals surface area contributed by atoms with E-state index in [-0.39, 0.29) is 5.91 Å². The van der Waals surface area contributed by atoms with E-state index in [1.165, 1.54) is 19.5 Å². The molecule has 29 heavy (non-hydrogen) atoms. The van der Waals surface area contributed by atoms with E-state index < -0.39 is 0 Å². The molecule has 0 unspecified atom stereocenters. The van der Waals surface area contributed by atoms with Crippen LogP contribution in [0.5, 0.6) is 17.2 Å². The lowest BCUT2D eigenvalue weighted by Gasteiger charge is -2.12. The third-order valence-electron chi connectivity index (χ3n) is 4.17. The van der Waals surface area contributed by atoms with Gasteiger partial charge >= 0.3 is 0 Å². The first-order chi connectivity index (χ1) is 14.0. The number of hydrogen-bond donors (Lipinski definition) is 2. The number of carbonyl (C=O) groups is 1. The molecule has 0 radical (unpaired) electrons. The fourth-order valence-corrected chi connectivity index (χ4v) is 2.65. The Morgan fingerprint density at radius 1 is 0.862 bits per heavy atom. The highest BCUT2D eigenvalue weighted by molar-refractivity contribution is 6.04.